The summed E-state index contributed by atoms with van der Waals surface area (Å²) in [6.07, 6.45) is 0. The van der Waals surface area contributed by atoms with Gasteiger partial charge in [0.1, 0.15) is 5.82 Å². The van der Waals surface area contributed by atoms with Crippen LogP contribution in [0.25, 0.3) is 11.1 Å². The molecule has 3 rings (SSSR count). The molecule has 3 aromatic rings. The minimum Gasteiger partial charge on any atom is -0.289 e. The van der Waals surface area contributed by atoms with Crippen LogP contribution in [0.3, 0.4) is 0 Å². The fourth-order valence-corrected chi connectivity index (χ4v) is 2.93. The third-order valence-electron chi connectivity index (χ3n) is 4.00. The van der Waals surface area contributed by atoms with E-state index in [9.17, 15) is 9.18 Å². The van der Waals surface area contributed by atoms with Crippen LogP contribution < -0.4 is 5.48 Å². The maximum atomic E-state index is 13.3. The second kappa shape index (κ2) is 7.47. The summed E-state index contributed by atoms with van der Waals surface area (Å²) in [7, 11) is 0. The van der Waals surface area contributed by atoms with Crippen LogP contribution in [0.15, 0.2) is 72.8 Å². The zero-order valence-corrected chi connectivity index (χ0v) is 13.9. The van der Waals surface area contributed by atoms with Crippen LogP contribution in [0.4, 0.5) is 4.39 Å². The Balaban J connectivity index is 1.96. The molecule has 1 atom stereocenters. The number of benzene rings is 3. The van der Waals surface area contributed by atoms with Gasteiger partial charge in [-0.1, -0.05) is 72.3 Å². The first kappa shape index (κ1) is 17.1. The molecule has 0 saturated carbocycles. The van der Waals surface area contributed by atoms with Crippen molar-refractivity contribution < 1.29 is 14.4 Å². The average molecular weight is 356 g/mol. The SMILES string of the molecule is O=C(NO)C(c1ccccc1)c1ccc(-c2ccc(F)c(Cl)c2)cc1. The molecule has 0 saturated heterocycles. The number of carbonyl (C=O) groups excluding carboxylic acids is 1. The lowest BCUT2D eigenvalue weighted by Crippen LogP contribution is -2.27. The highest BCUT2D eigenvalue weighted by atomic mass is 35.5. The first-order valence-corrected chi connectivity index (χ1v) is 8.02. The predicted molar refractivity (Wildman–Crippen MR) is 95.1 cm³/mol. The van der Waals surface area contributed by atoms with Gasteiger partial charge in [0.05, 0.1) is 10.9 Å². The van der Waals surface area contributed by atoms with Gasteiger partial charge in [0.15, 0.2) is 0 Å². The molecule has 0 spiro atoms. The highest BCUT2D eigenvalue weighted by Crippen LogP contribution is 2.29. The van der Waals surface area contributed by atoms with Crippen molar-refractivity contribution in [2.45, 2.75) is 5.92 Å². The molecule has 0 aromatic heterocycles. The lowest BCUT2D eigenvalue weighted by molar-refractivity contribution is -0.129. The van der Waals surface area contributed by atoms with Gasteiger partial charge in [0.25, 0.3) is 5.91 Å². The summed E-state index contributed by atoms with van der Waals surface area (Å²) in [4.78, 5) is 12.1. The Morgan fingerprint density at radius 2 is 1.52 bits per heavy atom. The van der Waals surface area contributed by atoms with Crippen molar-refractivity contribution in [2.75, 3.05) is 0 Å². The van der Waals surface area contributed by atoms with Crippen LogP contribution in [-0.4, -0.2) is 11.1 Å². The van der Waals surface area contributed by atoms with Gasteiger partial charge in [-0.2, -0.15) is 0 Å². The van der Waals surface area contributed by atoms with Crippen molar-refractivity contribution in [3.63, 3.8) is 0 Å². The zero-order chi connectivity index (χ0) is 17.8. The normalized spacial score (nSPS) is 11.8. The predicted octanol–water partition coefficient (Wildman–Crippen LogP) is 4.78. The smallest absolute Gasteiger partial charge is 0.255 e. The van der Waals surface area contributed by atoms with Gasteiger partial charge >= 0.3 is 0 Å². The third-order valence-corrected chi connectivity index (χ3v) is 4.29. The molecule has 3 nitrogen and oxygen atoms in total. The molecule has 5 heteroatoms. The van der Waals surface area contributed by atoms with Crippen LogP contribution in [0.1, 0.15) is 17.0 Å². The number of rotatable bonds is 4. The van der Waals surface area contributed by atoms with E-state index in [0.717, 1.165) is 22.3 Å². The molecule has 126 valence electrons. The van der Waals surface area contributed by atoms with Crippen molar-refractivity contribution in [3.05, 3.63) is 94.8 Å². The molecule has 1 amide bonds. The van der Waals surface area contributed by atoms with E-state index < -0.39 is 17.6 Å². The van der Waals surface area contributed by atoms with Gasteiger partial charge in [-0.25, -0.2) is 9.87 Å². The van der Waals surface area contributed by atoms with Crippen LogP contribution >= 0.6 is 11.6 Å². The van der Waals surface area contributed by atoms with Crippen molar-refractivity contribution in [3.8, 4) is 11.1 Å². The van der Waals surface area contributed by atoms with Crippen LogP contribution in [-0.2, 0) is 4.79 Å². The van der Waals surface area contributed by atoms with Crippen LogP contribution in [0, 0.1) is 5.82 Å². The van der Waals surface area contributed by atoms with Gasteiger partial charge in [-0.05, 0) is 34.4 Å². The summed E-state index contributed by atoms with van der Waals surface area (Å²) >= 11 is 5.83. The first-order valence-electron chi connectivity index (χ1n) is 7.64. The number of hydrogen-bond donors (Lipinski definition) is 2. The largest absolute Gasteiger partial charge is 0.289 e. The van der Waals surface area contributed by atoms with Crippen molar-refractivity contribution in [1.82, 2.24) is 5.48 Å². The number of nitrogens with one attached hydrogen (secondary N) is 1. The van der Waals surface area contributed by atoms with Crippen molar-refractivity contribution in [1.29, 1.82) is 0 Å². The standard InChI is InChI=1S/C20H15ClFNO2/c21-17-12-16(10-11-18(17)22)13-6-8-15(9-7-13)19(20(24)23-25)14-4-2-1-3-5-14/h1-12,19,25H,(H,23,24). The van der Waals surface area contributed by atoms with E-state index >= 15 is 0 Å². The summed E-state index contributed by atoms with van der Waals surface area (Å²) in [6.45, 7) is 0. The fraction of sp³-hybridized carbons (Fsp3) is 0.0500. The Morgan fingerprint density at radius 3 is 2.12 bits per heavy atom. The maximum absolute atomic E-state index is 13.3. The van der Waals surface area contributed by atoms with E-state index in [-0.39, 0.29) is 5.02 Å². The topological polar surface area (TPSA) is 49.3 Å². The minimum atomic E-state index is -0.628. The van der Waals surface area contributed by atoms with Crippen molar-refractivity contribution >= 4 is 17.5 Å². The van der Waals surface area contributed by atoms with Gasteiger partial charge in [-0.15, -0.1) is 0 Å². The molecule has 0 aliphatic heterocycles. The number of carbonyl (C=O) groups is 1. The van der Waals surface area contributed by atoms with Gasteiger partial charge in [0, 0.05) is 0 Å². The Morgan fingerprint density at radius 1 is 0.920 bits per heavy atom. The minimum absolute atomic E-state index is 0.0587. The number of hydroxylamine groups is 1. The average Bonchev–Trinajstić information content (AvgIpc) is 2.65. The molecule has 0 bridgehead atoms. The van der Waals surface area contributed by atoms with E-state index in [1.165, 1.54) is 6.07 Å². The van der Waals surface area contributed by atoms with E-state index in [0.29, 0.717) is 0 Å². The van der Waals surface area contributed by atoms with E-state index in [1.807, 2.05) is 42.5 Å². The number of hydrogen-bond acceptors (Lipinski definition) is 2. The quantitative estimate of drug-likeness (QED) is 0.522. The van der Waals surface area contributed by atoms with E-state index in [1.54, 1.807) is 29.7 Å². The van der Waals surface area contributed by atoms with Crippen LogP contribution in [0.5, 0.6) is 0 Å². The summed E-state index contributed by atoms with van der Waals surface area (Å²) in [5.41, 5.74) is 4.85. The molecule has 25 heavy (non-hydrogen) atoms. The summed E-state index contributed by atoms with van der Waals surface area (Å²) < 4.78 is 13.3. The monoisotopic (exact) mass is 355 g/mol. The lowest BCUT2D eigenvalue weighted by Gasteiger charge is -2.16. The van der Waals surface area contributed by atoms with E-state index in [4.69, 9.17) is 16.8 Å². The van der Waals surface area contributed by atoms with E-state index in [2.05, 4.69) is 0 Å². The molecular weight excluding hydrogens is 341 g/mol. The molecule has 3 aromatic carbocycles. The Labute approximate surface area is 149 Å². The second-order valence-corrected chi connectivity index (χ2v) is 5.98. The summed E-state index contributed by atoms with van der Waals surface area (Å²) in [6, 6.07) is 21.0. The molecule has 0 radical (unpaired) electrons. The highest BCUT2D eigenvalue weighted by molar-refractivity contribution is 6.31. The van der Waals surface area contributed by atoms with Gasteiger partial charge in [-0.3, -0.25) is 10.0 Å². The summed E-state index contributed by atoms with van der Waals surface area (Å²) in [5.74, 6) is -1.60. The van der Waals surface area contributed by atoms with Crippen LogP contribution in [0.2, 0.25) is 5.02 Å². The molecular formula is C20H15ClFNO2. The Kier molecular flexibility index (Phi) is 5.12. The number of halogens is 2. The molecule has 0 heterocycles. The highest BCUT2D eigenvalue weighted by Gasteiger charge is 2.22. The molecule has 0 fully saturated rings. The summed E-state index contributed by atoms with van der Waals surface area (Å²) in [5, 5.41) is 9.13. The van der Waals surface area contributed by atoms with Crippen molar-refractivity contribution in [2.24, 2.45) is 0 Å². The van der Waals surface area contributed by atoms with Gasteiger partial charge < -0.3 is 0 Å². The molecule has 1 unspecified atom stereocenters. The first-order chi connectivity index (χ1) is 12.1. The number of amides is 1. The fourth-order valence-electron chi connectivity index (χ4n) is 2.75. The zero-order valence-electron chi connectivity index (χ0n) is 13.1. The molecule has 2 N–H and O–H groups in total. The maximum Gasteiger partial charge on any atom is 0.255 e. The third kappa shape index (κ3) is 3.71. The lowest BCUT2D eigenvalue weighted by atomic mass is 9.89. The Bertz CT molecular complexity index is 882. The Hall–Kier alpha value is -2.69. The molecule has 0 aliphatic carbocycles. The molecule has 0 aliphatic rings. The van der Waals surface area contributed by atoms with Gasteiger partial charge in [0.2, 0.25) is 0 Å². The second-order valence-electron chi connectivity index (χ2n) is 5.57.